The van der Waals surface area contributed by atoms with Crippen LogP contribution in [0, 0.1) is 11.2 Å². The Bertz CT molecular complexity index is 526. The molecule has 2 rings (SSSR count). The predicted molar refractivity (Wildman–Crippen MR) is 80.9 cm³/mol. The summed E-state index contributed by atoms with van der Waals surface area (Å²) in [5.41, 5.74) is -0.491. The summed E-state index contributed by atoms with van der Waals surface area (Å²) in [6.45, 7) is 2.03. The summed E-state index contributed by atoms with van der Waals surface area (Å²) in [7, 11) is 0. The van der Waals surface area contributed by atoms with Crippen molar-refractivity contribution in [3.63, 3.8) is 0 Å². The second kappa shape index (κ2) is 6.56. The van der Waals surface area contributed by atoms with Gasteiger partial charge in [0.1, 0.15) is 11.2 Å². The minimum absolute atomic E-state index is 0.183. The zero-order valence-corrected chi connectivity index (χ0v) is 12.8. The fourth-order valence-electron chi connectivity index (χ4n) is 2.31. The lowest BCUT2D eigenvalue weighted by molar-refractivity contribution is -0.132. The molecule has 1 atom stereocenters. The van der Waals surface area contributed by atoms with Crippen LogP contribution < -0.4 is 5.32 Å². The van der Waals surface area contributed by atoms with E-state index in [9.17, 15) is 14.0 Å². The van der Waals surface area contributed by atoms with E-state index in [2.05, 4.69) is 5.32 Å². The zero-order valence-electron chi connectivity index (χ0n) is 12.0. The number of amides is 1. The van der Waals surface area contributed by atoms with Crippen LogP contribution in [-0.4, -0.2) is 17.1 Å². The molecule has 1 N–H and O–H groups in total. The van der Waals surface area contributed by atoms with E-state index in [-0.39, 0.29) is 17.5 Å². The minimum Gasteiger partial charge on any atom is -0.325 e. The van der Waals surface area contributed by atoms with E-state index in [1.807, 2.05) is 6.92 Å². The molecule has 0 spiro atoms. The van der Waals surface area contributed by atoms with Gasteiger partial charge in [-0.15, -0.1) is 11.6 Å². The molecule has 0 heterocycles. The number of rotatable bonds is 7. The second-order valence-electron chi connectivity index (χ2n) is 5.52. The van der Waals surface area contributed by atoms with E-state index in [0.717, 1.165) is 12.8 Å². The Morgan fingerprint density at radius 3 is 2.48 bits per heavy atom. The van der Waals surface area contributed by atoms with Gasteiger partial charge in [-0.05, 0) is 43.5 Å². The first kappa shape index (κ1) is 16.0. The molecule has 1 amide bonds. The molecule has 0 aromatic heterocycles. The number of halogens is 2. The molecule has 1 unspecified atom stereocenters. The van der Waals surface area contributed by atoms with Gasteiger partial charge in [-0.3, -0.25) is 9.59 Å². The molecular formula is C16H19ClFNO2. The van der Waals surface area contributed by atoms with Gasteiger partial charge >= 0.3 is 0 Å². The van der Waals surface area contributed by atoms with Crippen molar-refractivity contribution in [1.29, 1.82) is 0 Å². The monoisotopic (exact) mass is 311 g/mol. The maximum Gasteiger partial charge on any atom is 0.238 e. The van der Waals surface area contributed by atoms with Gasteiger partial charge in [0.15, 0.2) is 5.78 Å². The number of benzene rings is 1. The van der Waals surface area contributed by atoms with Crippen molar-refractivity contribution in [1.82, 2.24) is 0 Å². The molecule has 0 aliphatic heterocycles. The van der Waals surface area contributed by atoms with Gasteiger partial charge in [-0.2, -0.15) is 0 Å². The molecule has 1 aliphatic rings. The fourth-order valence-corrected chi connectivity index (χ4v) is 2.67. The maximum atomic E-state index is 12.8. The summed E-state index contributed by atoms with van der Waals surface area (Å²) in [5, 5.41) is 2.07. The molecule has 1 aliphatic carbocycles. The third kappa shape index (κ3) is 3.62. The van der Waals surface area contributed by atoms with E-state index in [1.54, 1.807) is 0 Å². The van der Waals surface area contributed by atoms with E-state index >= 15 is 0 Å². The average molecular weight is 312 g/mol. The SMILES string of the molecule is CCCCC(Cl)C(=O)C1(C(=O)Nc2ccc(F)cc2)CC1. The second-order valence-corrected chi connectivity index (χ2v) is 6.04. The minimum atomic E-state index is -0.978. The zero-order chi connectivity index (χ0) is 15.5. The van der Waals surface area contributed by atoms with Crippen molar-refractivity contribution in [3.05, 3.63) is 30.1 Å². The van der Waals surface area contributed by atoms with Gasteiger partial charge in [0.25, 0.3) is 0 Å². The van der Waals surface area contributed by atoms with Crippen molar-refractivity contribution in [3.8, 4) is 0 Å². The summed E-state index contributed by atoms with van der Waals surface area (Å²) in [6, 6.07) is 5.48. The van der Waals surface area contributed by atoms with Crippen LogP contribution in [0.15, 0.2) is 24.3 Å². The molecule has 3 nitrogen and oxygen atoms in total. The number of alkyl halides is 1. The van der Waals surface area contributed by atoms with Crippen LogP contribution >= 0.6 is 11.6 Å². The topological polar surface area (TPSA) is 46.2 Å². The molecule has 0 saturated heterocycles. The highest BCUT2D eigenvalue weighted by atomic mass is 35.5. The van der Waals surface area contributed by atoms with Crippen molar-refractivity contribution in [2.75, 3.05) is 5.32 Å². The van der Waals surface area contributed by atoms with E-state index in [0.29, 0.717) is 24.9 Å². The summed E-state index contributed by atoms with van der Waals surface area (Å²) in [4.78, 5) is 24.7. The Hall–Kier alpha value is -1.42. The fraction of sp³-hybridized carbons (Fsp3) is 0.500. The standard InChI is InChI=1S/C16H19ClFNO2/c1-2-3-4-13(17)14(20)16(9-10-16)15(21)19-12-7-5-11(18)6-8-12/h5-8,13H,2-4,9-10H2,1H3,(H,19,21). The lowest BCUT2D eigenvalue weighted by Gasteiger charge is -2.17. The van der Waals surface area contributed by atoms with E-state index in [4.69, 9.17) is 11.6 Å². The number of carbonyl (C=O) groups is 2. The summed E-state index contributed by atoms with van der Waals surface area (Å²) in [6.07, 6.45) is 3.51. The van der Waals surface area contributed by atoms with Gasteiger partial charge < -0.3 is 5.32 Å². The Morgan fingerprint density at radius 2 is 1.95 bits per heavy atom. The number of carbonyl (C=O) groups excluding carboxylic acids is 2. The van der Waals surface area contributed by atoms with Crippen molar-refractivity contribution in [2.24, 2.45) is 5.41 Å². The van der Waals surface area contributed by atoms with Gasteiger partial charge in [0.05, 0.1) is 5.38 Å². The highest BCUT2D eigenvalue weighted by Gasteiger charge is 2.57. The molecule has 1 saturated carbocycles. The third-order valence-corrected chi connectivity index (χ3v) is 4.27. The first-order valence-electron chi connectivity index (χ1n) is 7.25. The highest BCUT2D eigenvalue weighted by molar-refractivity contribution is 6.35. The van der Waals surface area contributed by atoms with Crippen molar-refractivity contribution < 1.29 is 14.0 Å². The predicted octanol–water partition coefficient (Wildman–Crippen LogP) is 3.91. The number of hydrogen-bond acceptors (Lipinski definition) is 2. The Morgan fingerprint density at radius 1 is 1.33 bits per heavy atom. The van der Waals surface area contributed by atoms with Crippen molar-refractivity contribution >= 4 is 29.0 Å². The highest BCUT2D eigenvalue weighted by Crippen LogP contribution is 2.49. The smallest absolute Gasteiger partial charge is 0.238 e. The van der Waals surface area contributed by atoms with Gasteiger partial charge in [0.2, 0.25) is 5.91 Å². The largest absolute Gasteiger partial charge is 0.325 e. The summed E-state index contributed by atoms with van der Waals surface area (Å²) >= 11 is 6.12. The Kier molecular flexibility index (Phi) is 4.99. The molecule has 114 valence electrons. The average Bonchev–Trinajstić information content (AvgIpc) is 3.28. The first-order valence-corrected chi connectivity index (χ1v) is 7.68. The lowest BCUT2D eigenvalue weighted by atomic mass is 9.94. The first-order chi connectivity index (χ1) is 9.99. The van der Waals surface area contributed by atoms with Crippen molar-refractivity contribution in [2.45, 2.75) is 44.4 Å². The number of nitrogens with one attached hydrogen (secondary N) is 1. The van der Waals surface area contributed by atoms with Crippen LogP contribution in [-0.2, 0) is 9.59 Å². The number of unbranched alkanes of at least 4 members (excludes halogenated alkanes) is 1. The van der Waals surface area contributed by atoms with Gasteiger partial charge in [0, 0.05) is 5.69 Å². The lowest BCUT2D eigenvalue weighted by Crippen LogP contribution is -2.36. The van der Waals surface area contributed by atoms with Crippen LogP contribution in [0.3, 0.4) is 0 Å². The number of Topliss-reactive ketones (excluding diaryl/α,β-unsaturated/α-hetero) is 1. The number of anilines is 1. The maximum absolute atomic E-state index is 12.8. The van der Waals surface area contributed by atoms with E-state index < -0.39 is 10.8 Å². The quantitative estimate of drug-likeness (QED) is 0.613. The Balaban J connectivity index is 2.00. The molecule has 0 bridgehead atoms. The Labute approximate surface area is 128 Å². The number of hydrogen-bond donors (Lipinski definition) is 1. The van der Waals surface area contributed by atoms with Gasteiger partial charge in [-0.25, -0.2) is 4.39 Å². The molecular weight excluding hydrogens is 293 g/mol. The molecule has 5 heteroatoms. The van der Waals surface area contributed by atoms with Gasteiger partial charge in [-0.1, -0.05) is 19.8 Å². The van der Waals surface area contributed by atoms with Crippen LogP contribution in [0.5, 0.6) is 0 Å². The summed E-state index contributed by atoms with van der Waals surface area (Å²) < 4.78 is 12.8. The van der Waals surface area contributed by atoms with Crippen LogP contribution in [0.2, 0.25) is 0 Å². The third-order valence-electron chi connectivity index (χ3n) is 3.85. The number of ketones is 1. The van der Waals surface area contributed by atoms with Crippen LogP contribution in [0.1, 0.15) is 39.0 Å². The molecule has 1 aromatic carbocycles. The molecule has 1 fully saturated rings. The molecule has 1 aromatic rings. The normalized spacial score (nSPS) is 17.1. The molecule has 21 heavy (non-hydrogen) atoms. The van der Waals surface area contributed by atoms with Crippen LogP contribution in [0.25, 0.3) is 0 Å². The van der Waals surface area contributed by atoms with E-state index in [1.165, 1.54) is 24.3 Å². The molecule has 0 radical (unpaired) electrons. The van der Waals surface area contributed by atoms with Crippen LogP contribution in [0.4, 0.5) is 10.1 Å². The summed E-state index contributed by atoms with van der Waals surface area (Å²) in [5.74, 6) is -0.885.